The molecule has 0 aliphatic carbocycles. The van der Waals surface area contributed by atoms with Crippen molar-refractivity contribution >= 4 is 22.9 Å². The van der Waals surface area contributed by atoms with Crippen LogP contribution in [0.5, 0.6) is 5.75 Å². The van der Waals surface area contributed by atoms with Gasteiger partial charge >= 0.3 is 0 Å². The third-order valence-electron chi connectivity index (χ3n) is 5.30. The Labute approximate surface area is 170 Å². The van der Waals surface area contributed by atoms with Gasteiger partial charge in [-0.2, -0.15) is 0 Å². The number of aliphatic hydroxyl groups is 1. The average Bonchev–Trinajstić information content (AvgIpc) is 3.13. The van der Waals surface area contributed by atoms with Crippen LogP contribution in [0.4, 0.5) is 0 Å². The third kappa shape index (κ3) is 4.14. The Morgan fingerprint density at radius 3 is 2.82 bits per heavy atom. The molecule has 0 saturated carbocycles. The smallest absolute Gasteiger partial charge is 0.137 e. The van der Waals surface area contributed by atoms with Crippen LogP contribution in [0.1, 0.15) is 22.9 Å². The zero-order chi connectivity index (χ0) is 19.3. The maximum absolute atomic E-state index is 9.01. The fraction of sp³-hybridized carbons (Fsp3) is 0.409. The highest BCUT2D eigenvalue weighted by atomic mass is 32.1. The predicted octanol–water partition coefficient (Wildman–Crippen LogP) is 3.10. The van der Waals surface area contributed by atoms with E-state index in [1.54, 1.807) is 0 Å². The molecule has 0 amide bonds. The standard InChI is InChI=1S/C22H27N3O2S/c1-2-24-9-11-25(12-10-24)22-19-8-15-28-21(19)7-6-20(23-22)17-4-3-5-18(16-17)27-14-13-26/h3-6,8,15-16,26H,2,7,9-14H2,1H3. The minimum absolute atomic E-state index is 0.0131. The van der Waals surface area contributed by atoms with Crippen molar-refractivity contribution < 1.29 is 9.84 Å². The van der Waals surface area contributed by atoms with Crippen molar-refractivity contribution in [2.45, 2.75) is 13.3 Å². The van der Waals surface area contributed by atoms with E-state index in [4.69, 9.17) is 14.8 Å². The van der Waals surface area contributed by atoms with Crippen LogP contribution in [0.2, 0.25) is 0 Å². The van der Waals surface area contributed by atoms with Crippen molar-refractivity contribution in [3.05, 3.63) is 57.8 Å². The van der Waals surface area contributed by atoms with E-state index in [9.17, 15) is 0 Å². The minimum atomic E-state index is 0.0131. The maximum atomic E-state index is 9.01. The molecule has 0 radical (unpaired) electrons. The van der Waals surface area contributed by atoms with Crippen molar-refractivity contribution in [2.75, 3.05) is 45.9 Å². The highest BCUT2D eigenvalue weighted by molar-refractivity contribution is 7.10. The summed E-state index contributed by atoms with van der Waals surface area (Å²) in [5, 5.41) is 11.2. The van der Waals surface area contributed by atoms with Crippen LogP contribution < -0.4 is 4.74 Å². The first-order valence-electron chi connectivity index (χ1n) is 9.95. The monoisotopic (exact) mass is 397 g/mol. The van der Waals surface area contributed by atoms with E-state index in [2.05, 4.69) is 40.3 Å². The maximum Gasteiger partial charge on any atom is 0.137 e. The van der Waals surface area contributed by atoms with Crippen LogP contribution in [-0.2, 0) is 6.42 Å². The number of piperazine rings is 1. The van der Waals surface area contributed by atoms with E-state index in [0.717, 1.165) is 62.0 Å². The van der Waals surface area contributed by atoms with Crippen LogP contribution in [-0.4, -0.2) is 66.7 Å². The normalized spacial score (nSPS) is 17.6. The highest BCUT2D eigenvalue weighted by Crippen LogP contribution is 2.30. The lowest BCUT2D eigenvalue weighted by Crippen LogP contribution is -2.48. The van der Waals surface area contributed by atoms with E-state index in [1.807, 2.05) is 29.5 Å². The number of amidine groups is 1. The SMILES string of the molecule is CCN1CCN(C2=NC(c3cccc(OCCO)c3)=CCc3sccc32)CC1. The van der Waals surface area contributed by atoms with Gasteiger partial charge in [-0.05, 0) is 30.1 Å². The molecular formula is C22H27N3O2S. The summed E-state index contributed by atoms with van der Waals surface area (Å²) >= 11 is 1.81. The molecule has 5 nitrogen and oxygen atoms in total. The molecule has 0 unspecified atom stereocenters. The van der Waals surface area contributed by atoms with Gasteiger partial charge in [0.2, 0.25) is 0 Å². The Kier molecular flexibility index (Phi) is 6.10. The van der Waals surface area contributed by atoms with E-state index in [0.29, 0.717) is 6.61 Å². The Morgan fingerprint density at radius 1 is 1.18 bits per heavy atom. The second-order valence-electron chi connectivity index (χ2n) is 7.01. The molecule has 0 atom stereocenters. The van der Waals surface area contributed by atoms with Crippen molar-refractivity contribution in [3.8, 4) is 5.75 Å². The summed E-state index contributed by atoms with van der Waals surface area (Å²) < 4.78 is 5.59. The number of likely N-dealkylation sites (N-methyl/N-ethyl adjacent to an activating group) is 1. The van der Waals surface area contributed by atoms with Gasteiger partial charge in [0, 0.05) is 48.6 Å². The quantitative estimate of drug-likeness (QED) is 0.842. The van der Waals surface area contributed by atoms with Crippen molar-refractivity contribution in [1.29, 1.82) is 0 Å². The summed E-state index contributed by atoms with van der Waals surface area (Å²) in [6.45, 7) is 7.83. The number of allylic oxidation sites excluding steroid dienone is 1. The van der Waals surface area contributed by atoms with Crippen molar-refractivity contribution in [3.63, 3.8) is 0 Å². The van der Waals surface area contributed by atoms with Gasteiger partial charge in [-0.25, -0.2) is 4.99 Å². The van der Waals surface area contributed by atoms with E-state index < -0.39 is 0 Å². The molecule has 1 aromatic carbocycles. The Balaban J connectivity index is 1.64. The van der Waals surface area contributed by atoms with Gasteiger partial charge < -0.3 is 19.6 Å². The van der Waals surface area contributed by atoms with Gasteiger partial charge in [0.05, 0.1) is 12.3 Å². The van der Waals surface area contributed by atoms with Crippen molar-refractivity contribution in [2.24, 2.45) is 4.99 Å². The Hall–Kier alpha value is -2.15. The molecule has 4 rings (SSSR count). The Bertz CT molecular complexity index is 866. The summed E-state index contributed by atoms with van der Waals surface area (Å²) in [5.41, 5.74) is 3.31. The molecule has 1 fully saturated rings. The molecule has 3 heterocycles. The molecule has 1 aromatic heterocycles. The fourth-order valence-electron chi connectivity index (χ4n) is 3.72. The van der Waals surface area contributed by atoms with E-state index in [-0.39, 0.29) is 6.61 Å². The summed E-state index contributed by atoms with van der Waals surface area (Å²) in [7, 11) is 0. The summed E-state index contributed by atoms with van der Waals surface area (Å²) in [4.78, 5) is 11.4. The summed E-state index contributed by atoms with van der Waals surface area (Å²) in [6, 6.07) is 10.2. The first kappa shape index (κ1) is 19.2. The van der Waals surface area contributed by atoms with Crippen molar-refractivity contribution in [1.82, 2.24) is 9.80 Å². The van der Waals surface area contributed by atoms with Gasteiger partial charge in [0.15, 0.2) is 0 Å². The number of thiophene rings is 1. The molecule has 28 heavy (non-hydrogen) atoms. The van der Waals surface area contributed by atoms with Crippen LogP contribution in [0, 0.1) is 0 Å². The second-order valence-corrected chi connectivity index (χ2v) is 8.01. The molecule has 2 aliphatic rings. The number of fused-ring (bicyclic) bond motifs is 1. The molecule has 0 spiro atoms. The number of hydrogen-bond acceptors (Lipinski definition) is 6. The molecule has 2 aliphatic heterocycles. The lowest BCUT2D eigenvalue weighted by Gasteiger charge is -2.36. The zero-order valence-corrected chi connectivity index (χ0v) is 17.1. The van der Waals surface area contributed by atoms with Gasteiger partial charge in [-0.1, -0.05) is 25.1 Å². The van der Waals surface area contributed by atoms with Gasteiger partial charge in [0.1, 0.15) is 18.2 Å². The molecular weight excluding hydrogens is 370 g/mol. The number of aliphatic imine (C=N–C) groups is 1. The number of hydrogen-bond donors (Lipinski definition) is 1. The van der Waals surface area contributed by atoms with Crippen LogP contribution in [0.15, 0.2) is 46.8 Å². The molecule has 6 heteroatoms. The molecule has 1 saturated heterocycles. The zero-order valence-electron chi connectivity index (χ0n) is 16.3. The topological polar surface area (TPSA) is 48.3 Å². The lowest BCUT2D eigenvalue weighted by molar-refractivity contribution is 0.190. The predicted molar refractivity (Wildman–Crippen MR) is 115 cm³/mol. The molecule has 2 aromatic rings. The first-order chi connectivity index (χ1) is 13.8. The largest absolute Gasteiger partial charge is 0.491 e. The molecule has 0 bridgehead atoms. The number of aliphatic hydroxyl groups excluding tert-OH is 1. The number of benzene rings is 1. The number of nitrogens with zero attached hydrogens (tertiary/aromatic N) is 3. The van der Waals surface area contributed by atoms with Gasteiger partial charge in [-0.15, -0.1) is 11.3 Å². The van der Waals surface area contributed by atoms with Crippen LogP contribution >= 0.6 is 11.3 Å². The van der Waals surface area contributed by atoms with Gasteiger partial charge in [0.25, 0.3) is 0 Å². The summed E-state index contributed by atoms with van der Waals surface area (Å²) in [5.74, 6) is 1.86. The Morgan fingerprint density at radius 2 is 2.04 bits per heavy atom. The second kappa shape index (κ2) is 8.90. The minimum Gasteiger partial charge on any atom is -0.491 e. The van der Waals surface area contributed by atoms with E-state index in [1.165, 1.54) is 10.4 Å². The number of ether oxygens (including phenoxy) is 1. The molecule has 1 N–H and O–H groups in total. The van der Waals surface area contributed by atoms with Crippen LogP contribution in [0.25, 0.3) is 5.70 Å². The lowest BCUT2D eigenvalue weighted by atomic mass is 10.1. The van der Waals surface area contributed by atoms with Gasteiger partial charge in [-0.3, -0.25) is 0 Å². The third-order valence-corrected chi connectivity index (χ3v) is 6.25. The summed E-state index contributed by atoms with van der Waals surface area (Å²) in [6.07, 6.45) is 3.11. The van der Waals surface area contributed by atoms with E-state index >= 15 is 0 Å². The van der Waals surface area contributed by atoms with Crippen LogP contribution in [0.3, 0.4) is 0 Å². The molecule has 148 valence electrons. The highest BCUT2D eigenvalue weighted by Gasteiger charge is 2.24. The average molecular weight is 398 g/mol. The fourth-order valence-corrected chi connectivity index (χ4v) is 4.55. The number of rotatable bonds is 5. The first-order valence-corrected chi connectivity index (χ1v) is 10.8.